The minimum atomic E-state index is 0.285. The van der Waals surface area contributed by atoms with E-state index in [1.54, 1.807) is 6.20 Å². The molecule has 0 aliphatic heterocycles. The zero-order valence-corrected chi connectivity index (χ0v) is 10.1. The van der Waals surface area contributed by atoms with E-state index < -0.39 is 0 Å². The fourth-order valence-corrected chi connectivity index (χ4v) is 1.65. The predicted octanol–water partition coefficient (Wildman–Crippen LogP) is 2.77. The van der Waals surface area contributed by atoms with Gasteiger partial charge in [0.15, 0.2) is 5.89 Å². The molecule has 1 aromatic carbocycles. The molecule has 2 rings (SSSR count). The van der Waals surface area contributed by atoms with E-state index in [2.05, 4.69) is 20.9 Å². The number of hydrogen-bond acceptors (Lipinski definition) is 3. The first-order chi connectivity index (χ1) is 7.78. The summed E-state index contributed by atoms with van der Waals surface area (Å²) < 4.78 is 6.45. The summed E-state index contributed by atoms with van der Waals surface area (Å²) in [4.78, 5) is 14.4. The van der Waals surface area contributed by atoms with Gasteiger partial charge in [-0.05, 0) is 17.7 Å². The number of rotatable bonds is 4. The van der Waals surface area contributed by atoms with Crippen LogP contribution in [0.15, 0.2) is 39.4 Å². The zero-order valence-electron chi connectivity index (χ0n) is 8.52. The van der Waals surface area contributed by atoms with E-state index in [9.17, 15) is 4.79 Å². The predicted molar refractivity (Wildman–Crippen MR) is 63.2 cm³/mol. The van der Waals surface area contributed by atoms with Crippen molar-refractivity contribution in [2.45, 2.75) is 12.8 Å². The molecule has 1 aromatic heterocycles. The van der Waals surface area contributed by atoms with E-state index in [-0.39, 0.29) is 6.42 Å². The quantitative estimate of drug-likeness (QED) is 0.809. The van der Waals surface area contributed by atoms with E-state index in [1.165, 1.54) is 0 Å². The Labute approximate surface area is 102 Å². The molecule has 4 heteroatoms. The van der Waals surface area contributed by atoms with Crippen molar-refractivity contribution in [3.63, 3.8) is 0 Å². The first-order valence-electron chi connectivity index (χ1n) is 4.89. The molecule has 0 aliphatic carbocycles. The number of halogens is 1. The third-order valence-electron chi connectivity index (χ3n) is 2.15. The number of benzene rings is 1. The summed E-state index contributed by atoms with van der Waals surface area (Å²) in [5, 5.41) is 0. The van der Waals surface area contributed by atoms with Crippen LogP contribution in [0, 0.1) is 0 Å². The van der Waals surface area contributed by atoms with Gasteiger partial charge in [-0.3, -0.25) is 0 Å². The highest BCUT2D eigenvalue weighted by atomic mass is 79.9. The normalized spacial score (nSPS) is 10.3. The Balaban J connectivity index is 2.08. The molecule has 0 bridgehead atoms. The van der Waals surface area contributed by atoms with Gasteiger partial charge >= 0.3 is 0 Å². The highest BCUT2D eigenvalue weighted by Gasteiger charge is 2.04. The van der Waals surface area contributed by atoms with Gasteiger partial charge in [0.1, 0.15) is 12.0 Å². The van der Waals surface area contributed by atoms with Crippen LogP contribution in [0.2, 0.25) is 0 Å². The summed E-state index contributed by atoms with van der Waals surface area (Å²) in [6.45, 7) is 0. The van der Waals surface area contributed by atoms with Crippen LogP contribution < -0.4 is 0 Å². The number of carbonyl (C=O) groups excluding carboxylic acids is 1. The van der Waals surface area contributed by atoms with Crippen LogP contribution in [0.25, 0.3) is 0 Å². The SMILES string of the molecule is O=CCc1cnc(Cc2ccc(Br)cc2)o1. The standard InChI is InChI=1S/C12H10BrNO2/c13-10-3-1-9(2-4-10)7-12-14-8-11(16-12)5-6-15/h1-4,6,8H,5,7H2. The number of nitrogens with zero attached hydrogens (tertiary/aromatic N) is 1. The molecule has 0 saturated carbocycles. The van der Waals surface area contributed by atoms with Crippen molar-refractivity contribution in [1.29, 1.82) is 0 Å². The molecule has 0 saturated heterocycles. The lowest BCUT2D eigenvalue weighted by atomic mass is 10.1. The van der Waals surface area contributed by atoms with E-state index in [1.807, 2.05) is 24.3 Å². The van der Waals surface area contributed by atoms with Crippen LogP contribution in [0.3, 0.4) is 0 Å². The Hall–Kier alpha value is -1.42. The lowest BCUT2D eigenvalue weighted by molar-refractivity contribution is -0.107. The average molecular weight is 280 g/mol. The zero-order chi connectivity index (χ0) is 11.4. The molecule has 16 heavy (non-hydrogen) atoms. The van der Waals surface area contributed by atoms with E-state index in [0.717, 1.165) is 16.3 Å². The summed E-state index contributed by atoms with van der Waals surface area (Å²) in [7, 11) is 0. The molecular formula is C12H10BrNO2. The van der Waals surface area contributed by atoms with Crippen molar-refractivity contribution < 1.29 is 9.21 Å². The average Bonchev–Trinajstić information content (AvgIpc) is 2.70. The minimum absolute atomic E-state index is 0.285. The molecule has 3 nitrogen and oxygen atoms in total. The van der Waals surface area contributed by atoms with Crippen molar-refractivity contribution in [3.8, 4) is 0 Å². The van der Waals surface area contributed by atoms with Crippen molar-refractivity contribution in [2.24, 2.45) is 0 Å². The van der Waals surface area contributed by atoms with Crippen molar-refractivity contribution in [2.75, 3.05) is 0 Å². The highest BCUT2D eigenvalue weighted by Crippen LogP contribution is 2.14. The molecule has 0 amide bonds. The summed E-state index contributed by atoms with van der Waals surface area (Å²) >= 11 is 3.38. The van der Waals surface area contributed by atoms with Gasteiger partial charge in [-0.15, -0.1) is 0 Å². The van der Waals surface area contributed by atoms with Crippen LogP contribution in [0.5, 0.6) is 0 Å². The fraction of sp³-hybridized carbons (Fsp3) is 0.167. The maximum atomic E-state index is 10.3. The Bertz CT molecular complexity index is 476. The first-order valence-corrected chi connectivity index (χ1v) is 5.69. The minimum Gasteiger partial charge on any atom is -0.445 e. The second-order valence-corrected chi connectivity index (χ2v) is 4.31. The first kappa shape index (κ1) is 11.1. The summed E-state index contributed by atoms with van der Waals surface area (Å²) in [5.41, 5.74) is 1.13. The third-order valence-corrected chi connectivity index (χ3v) is 2.68. The van der Waals surface area contributed by atoms with E-state index in [4.69, 9.17) is 4.42 Å². The molecule has 0 fully saturated rings. The van der Waals surface area contributed by atoms with E-state index >= 15 is 0 Å². The molecular weight excluding hydrogens is 270 g/mol. The molecule has 0 unspecified atom stereocenters. The van der Waals surface area contributed by atoms with Crippen molar-refractivity contribution in [3.05, 3.63) is 52.1 Å². The van der Waals surface area contributed by atoms with Gasteiger partial charge in [-0.2, -0.15) is 0 Å². The summed E-state index contributed by atoms with van der Waals surface area (Å²) in [6.07, 6.45) is 3.34. The Morgan fingerprint density at radius 1 is 1.31 bits per heavy atom. The van der Waals surface area contributed by atoms with Gasteiger partial charge in [-0.1, -0.05) is 28.1 Å². The molecule has 0 atom stereocenters. The van der Waals surface area contributed by atoms with Gasteiger partial charge in [0.05, 0.1) is 12.6 Å². The van der Waals surface area contributed by atoms with Gasteiger partial charge in [0, 0.05) is 10.9 Å². The van der Waals surface area contributed by atoms with Crippen molar-refractivity contribution in [1.82, 2.24) is 4.98 Å². The number of carbonyl (C=O) groups is 1. The summed E-state index contributed by atoms with van der Waals surface area (Å²) in [6, 6.07) is 7.97. The topological polar surface area (TPSA) is 43.1 Å². The lowest BCUT2D eigenvalue weighted by Crippen LogP contribution is -1.87. The lowest BCUT2D eigenvalue weighted by Gasteiger charge is -1.97. The molecule has 0 N–H and O–H groups in total. The highest BCUT2D eigenvalue weighted by molar-refractivity contribution is 9.10. The van der Waals surface area contributed by atoms with Gasteiger partial charge in [0.2, 0.25) is 0 Å². The molecule has 82 valence electrons. The Kier molecular flexibility index (Phi) is 3.51. The number of aromatic nitrogens is 1. The van der Waals surface area contributed by atoms with Crippen LogP contribution in [0.1, 0.15) is 17.2 Å². The molecule has 0 radical (unpaired) electrons. The maximum Gasteiger partial charge on any atom is 0.198 e. The second kappa shape index (κ2) is 5.07. The number of aldehydes is 1. The molecule has 1 heterocycles. The Morgan fingerprint density at radius 3 is 2.75 bits per heavy atom. The molecule has 0 spiro atoms. The molecule has 2 aromatic rings. The van der Waals surface area contributed by atoms with Crippen molar-refractivity contribution >= 4 is 22.2 Å². The van der Waals surface area contributed by atoms with Crippen LogP contribution in [-0.2, 0) is 17.6 Å². The van der Waals surface area contributed by atoms with Crippen LogP contribution in [-0.4, -0.2) is 11.3 Å². The Morgan fingerprint density at radius 2 is 2.06 bits per heavy atom. The number of oxazole rings is 1. The van der Waals surface area contributed by atoms with E-state index in [0.29, 0.717) is 18.1 Å². The molecule has 0 aliphatic rings. The largest absolute Gasteiger partial charge is 0.445 e. The smallest absolute Gasteiger partial charge is 0.198 e. The van der Waals surface area contributed by atoms with Crippen LogP contribution >= 0.6 is 15.9 Å². The second-order valence-electron chi connectivity index (χ2n) is 3.39. The van der Waals surface area contributed by atoms with Gasteiger partial charge in [0.25, 0.3) is 0 Å². The monoisotopic (exact) mass is 279 g/mol. The van der Waals surface area contributed by atoms with Gasteiger partial charge in [-0.25, -0.2) is 4.98 Å². The van der Waals surface area contributed by atoms with Crippen LogP contribution in [0.4, 0.5) is 0 Å². The third kappa shape index (κ3) is 2.79. The summed E-state index contributed by atoms with van der Waals surface area (Å²) in [5.74, 6) is 1.25. The fourth-order valence-electron chi connectivity index (χ4n) is 1.38. The van der Waals surface area contributed by atoms with Gasteiger partial charge < -0.3 is 9.21 Å². The number of hydrogen-bond donors (Lipinski definition) is 0. The maximum absolute atomic E-state index is 10.3.